The molecule has 0 bridgehead atoms. The molecule has 1 amide bonds. The van der Waals surface area contributed by atoms with Gasteiger partial charge in [-0.05, 0) is 68.5 Å². The Morgan fingerprint density at radius 1 is 1.11 bits per heavy atom. The first-order valence-electron chi connectivity index (χ1n) is 12.1. The van der Waals surface area contributed by atoms with E-state index >= 15 is 0 Å². The number of aryl methyl sites for hydroxylation is 1. The highest BCUT2D eigenvalue weighted by Gasteiger charge is 2.23. The number of nitriles is 1. The van der Waals surface area contributed by atoms with Crippen LogP contribution in [0.1, 0.15) is 41.8 Å². The summed E-state index contributed by atoms with van der Waals surface area (Å²) in [4.78, 5) is 26.3. The molecule has 1 fully saturated rings. The number of hydrogen-bond donors (Lipinski definition) is 1. The van der Waals surface area contributed by atoms with Gasteiger partial charge in [0, 0.05) is 37.1 Å². The number of nitro benzene ring substituents is 1. The zero-order valence-electron chi connectivity index (χ0n) is 20.5. The van der Waals surface area contributed by atoms with E-state index < -0.39 is 5.91 Å². The summed E-state index contributed by atoms with van der Waals surface area (Å²) >= 11 is 0. The lowest BCUT2D eigenvalue weighted by Gasteiger charge is -2.28. The number of aromatic nitrogens is 1. The van der Waals surface area contributed by atoms with Crippen molar-refractivity contribution in [2.45, 2.75) is 39.7 Å². The number of piperidine rings is 1. The fourth-order valence-electron chi connectivity index (χ4n) is 4.71. The van der Waals surface area contributed by atoms with Crippen LogP contribution in [-0.2, 0) is 11.3 Å². The zero-order valence-corrected chi connectivity index (χ0v) is 20.5. The third-order valence-corrected chi connectivity index (χ3v) is 6.54. The van der Waals surface area contributed by atoms with Gasteiger partial charge in [0.2, 0.25) is 0 Å². The molecule has 0 unspecified atom stereocenters. The molecule has 36 heavy (non-hydrogen) atoms. The predicted molar refractivity (Wildman–Crippen MR) is 140 cm³/mol. The number of carbonyl (C=O) groups is 1. The fourth-order valence-corrected chi connectivity index (χ4v) is 4.71. The third kappa shape index (κ3) is 5.31. The molecule has 0 spiro atoms. The van der Waals surface area contributed by atoms with Crippen molar-refractivity contribution in [3.05, 3.63) is 92.8 Å². The molecule has 2 aromatic carbocycles. The van der Waals surface area contributed by atoms with E-state index in [9.17, 15) is 20.2 Å². The quantitative estimate of drug-likeness (QED) is 0.215. The van der Waals surface area contributed by atoms with E-state index in [1.54, 1.807) is 12.1 Å². The molecule has 0 atom stereocenters. The molecule has 1 aliphatic heterocycles. The highest BCUT2D eigenvalue weighted by molar-refractivity contribution is 6.01. The Balaban J connectivity index is 1.62. The van der Waals surface area contributed by atoms with Crippen LogP contribution in [0.25, 0.3) is 11.8 Å². The van der Waals surface area contributed by atoms with Crippen LogP contribution in [0.4, 0.5) is 11.4 Å². The summed E-state index contributed by atoms with van der Waals surface area (Å²) in [6.45, 7) is 5.74. The maximum absolute atomic E-state index is 12.6. The van der Waals surface area contributed by atoms with Crippen molar-refractivity contribution in [2.24, 2.45) is 0 Å². The van der Waals surface area contributed by atoms with E-state index in [0.717, 1.165) is 49.3 Å². The number of hydrogen-bond acceptors (Lipinski definition) is 5. The van der Waals surface area contributed by atoms with Gasteiger partial charge in [-0.25, -0.2) is 0 Å². The third-order valence-electron chi connectivity index (χ3n) is 6.54. The lowest BCUT2D eigenvalue weighted by Crippen LogP contribution is -2.30. The van der Waals surface area contributed by atoms with Crippen molar-refractivity contribution in [1.29, 1.82) is 5.26 Å². The van der Waals surface area contributed by atoms with Gasteiger partial charge in [-0.15, -0.1) is 0 Å². The summed E-state index contributed by atoms with van der Waals surface area (Å²) in [5.74, 6) is -0.451. The summed E-state index contributed by atoms with van der Waals surface area (Å²) < 4.78 is 1.91. The van der Waals surface area contributed by atoms with Crippen molar-refractivity contribution < 1.29 is 9.72 Å². The SMILES string of the molecule is Cc1cc(C=C(C#N)C(=O)NCc2ccccc2)c(C)n1-c1ccc(N2CCCCC2)c([N+](=O)[O-])c1. The first-order valence-corrected chi connectivity index (χ1v) is 12.1. The number of benzene rings is 2. The lowest BCUT2D eigenvalue weighted by atomic mass is 10.1. The molecule has 0 radical (unpaired) electrons. The van der Waals surface area contributed by atoms with E-state index in [2.05, 4.69) is 10.2 Å². The zero-order chi connectivity index (χ0) is 25.7. The van der Waals surface area contributed by atoms with E-state index in [4.69, 9.17) is 0 Å². The molecular weight excluding hydrogens is 454 g/mol. The van der Waals surface area contributed by atoms with Crippen LogP contribution < -0.4 is 10.2 Å². The first-order chi connectivity index (χ1) is 17.4. The number of amides is 1. The monoisotopic (exact) mass is 483 g/mol. The lowest BCUT2D eigenvalue weighted by molar-refractivity contribution is -0.384. The molecule has 0 aliphatic carbocycles. The Bertz CT molecular complexity index is 1350. The van der Waals surface area contributed by atoms with Crippen molar-refractivity contribution in [1.82, 2.24) is 9.88 Å². The molecule has 2 heterocycles. The van der Waals surface area contributed by atoms with Gasteiger partial charge in [-0.1, -0.05) is 30.3 Å². The molecule has 8 nitrogen and oxygen atoms in total. The molecule has 1 saturated heterocycles. The maximum Gasteiger partial charge on any atom is 0.294 e. The molecule has 1 aromatic heterocycles. The van der Waals surface area contributed by atoms with Crippen LogP contribution in [0.3, 0.4) is 0 Å². The summed E-state index contributed by atoms with van der Waals surface area (Å²) in [6, 6.07) is 18.7. The van der Waals surface area contributed by atoms with Crippen molar-refractivity contribution >= 4 is 23.4 Å². The van der Waals surface area contributed by atoms with Crippen LogP contribution in [0.2, 0.25) is 0 Å². The Morgan fingerprint density at radius 2 is 1.83 bits per heavy atom. The molecule has 8 heteroatoms. The van der Waals surface area contributed by atoms with Gasteiger partial charge in [-0.3, -0.25) is 14.9 Å². The van der Waals surface area contributed by atoms with Gasteiger partial charge in [0.1, 0.15) is 17.3 Å². The van der Waals surface area contributed by atoms with Gasteiger partial charge < -0.3 is 14.8 Å². The minimum atomic E-state index is -0.451. The molecule has 184 valence electrons. The van der Waals surface area contributed by atoms with Crippen molar-refractivity contribution in [3.63, 3.8) is 0 Å². The van der Waals surface area contributed by atoms with Crippen LogP contribution in [-0.4, -0.2) is 28.5 Å². The molecule has 0 saturated carbocycles. The van der Waals surface area contributed by atoms with E-state index in [0.29, 0.717) is 23.5 Å². The molecular formula is C28H29N5O3. The smallest absolute Gasteiger partial charge is 0.294 e. The van der Waals surface area contributed by atoms with Crippen LogP contribution in [0.15, 0.2) is 60.2 Å². The number of nitrogens with one attached hydrogen (secondary N) is 1. The van der Waals surface area contributed by atoms with Gasteiger partial charge in [0.15, 0.2) is 0 Å². The normalized spacial score (nSPS) is 13.8. The Morgan fingerprint density at radius 3 is 2.50 bits per heavy atom. The molecule has 3 aromatic rings. The summed E-state index contributed by atoms with van der Waals surface area (Å²) in [7, 11) is 0. The van der Waals surface area contributed by atoms with E-state index in [1.807, 2.05) is 73.0 Å². The Kier molecular flexibility index (Phi) is 7.50. The minimum Gasteiger partial charge on any atom is -0.366 e. The van der Waals surface area contributed by atoms with E-state index in [1.165, 1.54) is 0 Å². The van der Waals surface area contributed by atoms with Gasteiger partial charge in [0.25, 0.3) is 11.6 Å². The average Bonchev–Trinajstić information content (AvgIpc) is 3.18. The standard InChI is InChI=1S/C28H29N5O3/c1-20-15-23(16-24(18-29)28(34)30-19-22-9-5-3-6-10-22)21(2)32(20)25-11-12-26(27(17-25)33(35)36)31-13-7-4-8-14-31/h3,5-6,9-12,15-17H,4,7-8,13-14,19H2,1-2H3,(H,30,34). The van der Waals surface area contributed by atoms with E-state index in [-0.39, 0.29) is 16.2 Å². The fraction of sp³-hybridized carbons (Fsp3) is 0.286. The number of carbonyl (C=O) groups excluding carboxylic acids is 1. The average molecular weight is 484 g/mol. The minimum absolute atomic E-state index is 0.00221. The van der Waals surface area contributed by atoms with Crippen molar-refractivity contribution in [3.8, 4) is 11.8 Å². The van der Waals surface area contributed by atoms with Crippen molar-refractivity contribution in [2.75, 3.05) is 18.0 Å². The van der Waals surface area contributed by atoms with Crippen LogP contribution in [0, 0.1) is 35.3 Å². The second kappa shape index (κ2) is 10.9. The first kappa shape index (κ1) is 24.7. The topological polar surface area (TPSA) is 104 Å². The molecule has 1 aliphatic rings. The number of nitro groups is 1. The Labute approximate surface area is 210 Å². The predicted octanol–water partition coefficient (Wildman–Crippen LogP) is 5.22. The molecule has 4 rings (SSSR count). The maximum atomic E-state index is 12.6. The second-order valence-electron chi connectivity index (χ2n) is 8.98. The Hall–Kier alpha value is -4.38. The summed E-state index contributed by atoms with van der Waals surface area (Å²) in [5.41, 5.74) is 4.68. The van der Waals surface area contributed by atoms with Gasteiger partial charge in [-0.2, -0.15) is 5.26 Å². The highest BCUT2D eigenvalue weighted by atomic mass is 16.6. The summed E-state index contributed by atoms with van der Waals surface area (Å²) in [5, 5.41) is 24.3. The number of nitrogens with zero attached hydrogens (tertiary/aromatic N) is 4. The van der Waals surface area contributed by atoms with Gasteiger partial charge in [0.05, 0.1) is 10.6 Å². The molecule has 1 N–H and O–H groups in total. The van der Waals surface area contributed by atoms with Crippen LogP contribution in [0.5, 0.6) is 0 Å². The largest absolute Gasteiger partial charge is 0.366 e. The van der Waals surface area contributed by atoms with Gasteiger partial charge >= 0.3 is 0 Å². The van der Waals surface area contributed by atoms with Crippen LogP contribution >= 0.6 is 0 Å². The number of anilines is 1. The number of rotatable bonds is 7. The summed E-state index contributed by atoms with van der Waals surface area (Å²) in [6.07, 6.45) is 4.78. The highest BCUT2D eigenvalue weighted by Crippen LogP contribution is 2.34. The second-order valence-corrected chi connectivity index (χ2v) is 8.98.